The summed E-state index contributed by atoms with van der Waals surface area (Å²) in [7, 11) is 0. The second-order valence-corrected chi connectivity index (χ2v) is 21.8. The van der Waals surface area contributed by atoms with Crippen LogP contribution < -0.4 is 5.32 Å². The van der Waals surface area contributed by atoms with Crippen LogP contribution in [0, 0.1) is 0 Å². The van der Waals surface area contributed by atoms with E-state index < -0.39 is 12.1 Å². The van der Waals surface area contributed by atoms with Crippen molar-refractivity contribution in [3.05, 3.63) is 12.2 Å². The summed E-state index contributed by atoms with van der Waals surface area (Å²) >= 11 is 0. The Labute approximate surface area is 431 Å². The standard InChI is InChI=1S/C63H123NO5/c1-3-5-7-9-11-13-15-17-18-29-32-35-39-43-47-51-55-61(66)60(59-65)64-62(67)56-52-48-44-40-36-33-30-27-25-23-21-19-20-22-24-26-28-31-34-38-42-46-50-54-58-69-63(68)57-53-49-45-41-37-16-14-12-10-8-6-4-2/h51,55,60-61,65-66H,3-50,52-54,56-59H2,1-2H3,(H,64,67)/b55-51+. The van der Waals surface area contributed by atoms with Gasteiger partial charge in [0.25, 0.3) is 0 Å². The number of aliphatic hydroxyl groups is 2. The van der Waals surface area contributed by atoms with Crippen LogP contribution in [-0.2, 0) is 14.3 Å². The summed E-state index contributed by atoms with van der Waals surface area (Å²) < 4.78 is 5.48. The molecule has 69 heavy (non-hydrogen) atoms. The van der Waals surface area contributed by atoms with Crippen LogP contribution in [0.4, 0.5) is 0 Å². The van der Waals surface area contributed by atoms with Gasteiger partial charge in [0.1, 0.15) is 0 Å². The van der Waals surface area contributed by atoms with E-state index in [-0.39, 0.29) is 18.5 Å². The first kappa shape index (κ1) is 67.6. The zero-order valence-electron chi connectivity index (χ0n) is 46.8. The van der Waals surface area contributed by atoms with Crippen molar-refractivity contribution in [1.29, 1.82) is 0 Å². The second kappa shape index (κ2) is 59.2. The van der Waals surface area contributed by atoms with E-state index in [4.69, 9.17) is 4.74 Å². The summed E-state index contributed by atoms with van der Waals surface area (Å²) in [5, 5.41) is 23.2. The molecular weight excluding hydrogens is 851 g/mol. The van der Waals surface area contributed by atoms with Crippen molar-refractivity contribution in [2.24, 2.45) is 0 Å². The molecule has 0 radical (unpaired) electrons. The smallest absolute Gasteiger partial charge is 0.305 e. The average Bonchev–Trinajstić information content (AvgIpc) is 3.35. The van der Waals surface area contributed by atoms with Gasteiger partial charge >= 0.3 is 5.97 Å². The minimum atomic E-state index is -0.843. The first-order chi connectivity index (χ1) is 34.0. The Morgan fingerprint density at radius 3 is 0.986 bits per heavy atom. The number of unbranched alkanes of at least 4 members (excludes halogenated alkanes) is 48. The Hall–Kier alpha value is -1.40. The Morgan fingerprint density at radius 1 is 0.391 bits per heavy atom. The van der Waals surface area contributed by atoms with Crippen LogP contribution in [0.3, 0.4) is 0 Å². The van der Waals surface area contributed by atoms with Gasteiger partial charge in [-0.25, -0.2) is 0 Å². The lowest BCUT2D eigenvalue weighted by atomic mass is 10.0. The lowest BCUT2D eigenvalue weighted by Crippen LogP contribution is -2.45. The molecule has 0 fully saturated rings. The van der Waals surface area contributed by atoms with Gasteiger partial charge in [-0.05, 0) is 32.1 Å². The van der Waals surface area contributed by atoms with Crippen molar-refractivity contribution in [2.75, 3.05) is 13.2 Å². The summed E-state index contributed by atoms with van der Waals surface area (Å²) in [6, 6.07) is -0.626. The van der Waals surface area contributed by atoms with Gasteiger partial charge in [-0.15, -0.1) is 0 Å². The Bertz CT molecular complexity index is 1030. The fraction of sp³-hybridized carbons (Fsp3) is 0.937. The summed E-state index contributed by atoms with van der Waals surface area (Å²) in [5.41, 5.74) is 0. The molecule has 2 atom stereocenters. The molecule has 0 spiro atoms. The largest absolute Gasteiger partial charge is 0.466 e. The van der Waals surface area contributed by atoms with Gasteiger partial charge in [-0.1, -0.05) is 321 Å². The van der Waals surface area contributed by atoms with Gasteiger partial charge in [-0.3, -0.25) is 9.59 Å². The van der Waals surface area contributed by atoms with Gasteiger partial charge in [0.2, 0.25) is 5.91 Å². The molecule has 2 unspecified atom stereocenters. The predicted octanol–water partition coefficient (Wildman–Crippen LogP) is 19.6. The quantitative estimate of drug-likeness (QED) is 0.0321. The number of rotatable bonds is 59. The lowest BCUT2D eigenvalue weighted by Gasteiger charge is -2.20. The number of allylic oxidation sites excluding steroid dienone is 1. The summed E-state index contributed by atoms with van der Waals surface area (Å²) in [6.07, 6.45) is 71.1. The first-order valence-corrected chi connectivity index (χ1v) is 31.5. The van der Waals surface area contributed by atoms with Crippen LogP contribution in [0.5, 0.6) is 0 Å². The van der Waals surface area contributed by atoms with Crippen molar-refractivity contribution in [3.8, 4) is 0 Å². The number of amides is 1. The van der Waals surface area contributed by atoms with Gasteiger partial charge in [0.05, 0.1) is 25.4 Å². The monoisotopic (exact) mass is 974 g/mol. The molecule has 6 heteroatoms. The highest BCUT2D eigenvalue weighted by Gasteiger charge is 2.18. The lowest BCUT2D eigenvalue weighted by molar-refractivity contribution is -0.143. The second-order valence-electron chi connectivity index (χ2n) is 21.8. The molecule has 0 aliphatic carbocycles. The molecule has 6 nitrogen and oxygen atoms in total. The highest BCUT2D eigenvalue weighted by molar-refractivity contribution is 5.76. The van der Waals surface area contributed by atoms with Gasteiger partial charge in [0.15, 0.2) is 0 Å². The molecule has 0 aromatic carbocycles. The van der Waals surface area contributed by atoms with E-state index in [1.165, 1.54) is 289 Å². The highest BCUT2D eigenvalue weighted by Crippen LogP contribution is 2.18. The van der Waals surface area contributed by atoms with E-state index in [0.29, 0.717) is 19.4 Å². The van der Waals surface area contributed by atoms with Crippen molar-refractivity contribution in [1.82, 2.24) is 5.32 Å². The van der Waals surface area contributed by atoms with Crippen molar-refractivity contribution in [2.45, 2.75) is 366 Å². The van der Waals surface area contributed by atoms with Crippen molar-refractivity contribution >= 4 is 11.9 Å². The molecular formula is C63H123NO5. The average molecular weight is 975 g/mol. The van der Waals surface area contributed by atoms with Crippen molar-refractivity contribution < 1.29 is 24.5 Å². The third-order valence-corrected chi connectivity index (χ3v) is 14.8. The SMILES string of the molecule is CCCCCCCCCCCCCCCC/C=C/C(O)C(CO)NC(=O)CCCCCCCCCCCCCCCCCCCCCCCCCCOC(=O)CCCCCCCCCCCCCC. The number of hydrogen-bond donors (Lipinski definition) is 3. The minimum absolute atomic E-state index is 0.0163. The fourth-order valence-electron chi connectivity index (χ4n) is 9.99. The maximum Gasteiger partial charge on any atom is 0.305 e. The zero-order valence-corrected chi connectivity index (χ0v) is 46.8. The molecule has 0 aromatic rings. The summed E-state index contributed by atoms with van der Waals surface area (Å²) in [5.74, 6) is -0.0479. The van der Waals surface area contributed by atoms with E-state index in [2.05, 4.69) is 19.2 Å². The van der Waals surface area contributed by atoms with Crippen LogP contribution >= 0.6 is 0 Å². The van der Waals surface area contributed by atoms with Gasteiger partial charge in [0, 0.05) is 12.8 Å². The Kier molecular flexibility index (Phi) is 58.0. The number of carbonyl (C=O) groups excluding carboxylic acids is 2. The number of nitrogens with one attached hydrogen (secondary N) is 1. The molecule has 0 saturated heterocycles. The molecule has 1 amide bonds. The van der Waals surface area contributed by atoms with E-state index in [0.717, 1.165) is 38.5 Å². The van der Waals surface area contributed by atoms with Gasteiger partial charge < -0.3 is 20.3 Å². The fourth-order valence-corrected chi connectivity index (χ4v) is 9.99. The maximum atomic E-state index is 12.5. The third kappa shape index (κ3) is 55.8. The molecule has 3 N–H and O–H groups in total. The normalized spacial score (nSPS) is 12.6. The molecule has 0 bridgehead atoms. The van der Waals surface area contributed by atoms with E-state index in [9.17, 15) is 19.8 Å². The molecule has 0 aliphatic heterocycles. The summed E-state index contributed by atoms with van der Waals surface area (Å²) in [4.78, 5) is 24.5. The molecule has 0 aromatic heterocycles. The number of ether oxygens (including phenoxy) is 1. The predicted molar refractivity (Wildman–Crippen MR) is 301 cm³/mol. The van der Waals surface area contributed by atoms with Crippen LogP contribution in [0.1, 0.15) is 354 Å². The highest BCUT2D eigenvalue weighted by atomic mass is 16.5. The zero-order chi connectivity index (χ0) is 50.0. The van der Waals surface area contributed by atoms with Crippen LogP contribution in [0.25, 0.3) is 0 Å². The molecule has 0 saturated carbocycles. The number of carbonyl (C=O) groups is 2. The third-order valence-electron chi connectivity index (χ3n) is 14.8. The molecule has 410 valence electrons. The van der Waals surface area contributed by atoms with E-state index in [1.54, 1.807) is 6.08 Å². The van der Waals surface area contributed by atoms with Crippen LogP contribution in [0.2, 0.25) is 0 Å². The summed E-state index contributed by atoms with van der Waals surface area (Å²) in [6.45, 7) is 4.93. The van der Waals surface area contributed by atoms with Crippen LogP contribution in [-0.4, -0.2) is 47.4 Å². The minimum Gasteiger partial charge on any atom is -0.466 e. The Balaban J connectivity index is 3.38. The number of esters is 1. The van der Waals surface area contributed by atoms with Crippen molar-refractivity contribution in [3.63, 3.8) is 0 Å². The number of aliphatic hydroxyl groups excluding tert-OH is 2. The van der Waals surface area contributed by atoms with E-state index >= 15 is 0 Å². The van der Waals surface area contributed by atoms with Crippen LogP contribution in [0.15, 0.2) is 12.2 Å². The maximum absolute atomic E-state index is 12.5. The van der Waals surface area contributed by atoms with Gasteiger partial charge in [-0.2, -0.15) is 0 Å². The Morgan fingerprint density at radius 2 is 0.667 bits per heavy atom. The van der Waals surface area contributed by atoms with E-state index in [1.807, 2.05) is 6.08 Å². The molecule has 0 rings (SSSR count). The topological polar surface area (TPSA) is 95.9 Å². The number of hydrogen-bond acceptors (Lipinski definition) is 5. The molecule has 0 aliphatic rings. The molecule has 0 heterocycles. The first-order valence-electron chi connectivity index (χ1n) is 31.5.